The number of Topliss-reactive ketones (excluding diaryl/α,β-unsaturated/α-hetero) is 1. The maximum absolute atomic E-state index is 13.8. The van der Waals surface area contributed by atoms with Gasteiger partial charge in [-0.25, -0.2) is 4.79 Å². The van der Waals surface area contributed by atoms with Gasteiger partial charge in [0.25, 0.3) is 0 Å². The molecule has 0 spiro atoms. The van der Waals surface area contributed by atoms with Crippen LogP contribution in [0.3, 0.4) is 0 Å². The number of carboxylic acid groups (broad SMARTS) is 1. The Balaban J connectivity index is 1.94. The molecule has 0 unspecified atom stereocenters. The fourth-order valence-electron chi connectivity index (χ4n) is 3.85. The molecule has 2 atom stereocenters. The monoisotopic (exact) mass is 456 g/mol. The number of carbonyl (C=O) groups is 3. The van der Waals surface area contributed by atoms with Crippen molar-refractivity contribution in [2.24, 2.45) is 0 Å². The second-order valence-corrected chi connectivity index (χ2v) is 9.89. The smallest absolute Gasteiger partial charge is 0.408 e. The van der Waals surface area contributed by atoms with Crippen molar-refractivity contribution in [1.29, 1.82) is 0 Å². The average Bonchev–Trinajstić information content (AvgIpc) is 3.08. The minimum Gasteiger partial charge on any atom is -0.508 e. The number of thioether (sulfide) groups is 1. The van der Waals surface area contributed by atoms with Crippen molar-refractivity contribution in [3.8, 4) is 5.75 Å². The topological polar surface area (TPSA) is 98.2 Å². The number of aromatic hydroxyl groups is 1. The standard InChI is InChI=1S/C24H28N2O5S/c1-24(2,3)26(23(30)31)19(15-16-9-11-17(27)12-10-16)21(29)25-14-13-20(28)22(25)32-18-7-5-4-6-8-18/h4-12,19,22,27H,13-15H2,1-3H3,(H,30,31)/t19-,22+/m0/s1. The first-order chi connectivity index (χ1) is 15.1. The van der Waals surface area contributed by atoms with Crippen molar-refractivity contribution in [2.75, 3.05) is 6.54 Å². The summed E-state index contributed by atoms with van der Waals surface area (Å²) in [4.78, 5) is 42.2. The van der Waals surface area contributed by atoms with E-state index in [9.17, 15) is 24.6 Å². The van der Waals surface area contributed by atoms with Crippen molar-refractivity contribution in [3.63, 3.8) is 0 Å². The van der Waals surface area contributed by atoms with E-state index >= 15 is 0 Å². The summed E-state index contributed by atoms with van der Waals surface area (Å²) in [5.41, 5.74) is -0.121. The van der Waals surface area contributed by atoms with Gasteiger partial charge in [0, 0.05) is 29.8 Å². The van der Waals surface area contributed by atoms with E-state index in [0.717, 1.165) is 15.4 Å². The molecule has 0 radical (unpaired) electrons. The molecule has 2 aromatic carbocycles. The van der Waals surface area contributed by atoms with Crippen LogP contribution in [-0.2, 0) is 16.0 Å². The van der Waals surface area contributed by atoms with E-state index in [1.54, 1.807) is 32.9 Å². The maximum atomic E-state index is 13.8. The molecular formula is C24H28N2O5S. The molecule has 1 aliphatic heterocycles. The number of hydrogen-bond acceptors (Lipinski definition) is 5. The Labute approximate surface area is 192 Å². The number of carbonyl (C=O) groups excluding carboxylic acids is 2. The van der Waals surface area contributed by atoms with E-state index in [1.807, 2.05) is 30.3 Å². The fraction of sp³-hybridized carbons (Fsp3) is 0.375. The predicted octanol–water partition coefficient (Wildman–Crippen LogP) is 4.00. The normalized spacial score (nSPS) is 17.3. The number of phenols is 1. The Morgan fingerprint density at radius 3 is 2.31 bits per heavy atom. The number of phenolic OH excluding ortho intramolecular Hbond substituents is 1. The largest absolute Gasteiger partial charge is 0.508 e. The molecule has 1 aliphatic rings. The van der Waals surface area contributed by atoms with Gasteiger partial charge in [-0.1, -0.05) is 42.1 Å². The zero-order valence-corrected chi connectivity index (χ0v) is 19.2. The van der Waals surface area contributed by atoms with Crippen LogP contribution in [0.15, 0.2) is 59.5 Å². The lowest BCUT2D eigenvalue weighted by atomic mass is 9.97. The van der Waals surface area contributed by atoms with Crippen molar-refractivity contribution < 1.29 is 24.6 Å². The summed E-state index contributed by atoms with van der Waals surface area (Å²) in [6, 6.07) is 14.7. The number of rotatable bonds is 6. The van der Waals surface area contributed by atoms with Crippen LogP contribution in [-0.4, -0.2) is 61.3 Å². The number of amides is 2. The lowest BCUT2D eigenvalue weighted by Crippen LogP contribution is -2.58. The van der Waals surface area contributed by atoms with E-state index in [-0.39, 0.29) is 30.9 Å². The molecule has 0 saturated carbocycles. The molecule has 7 nitrogen and oxygen atoms in total. The Morgan fingerprint density at radius 2 is 1.75 bits per heavy atom. The highest BCUT2D eigenvalue weighted by Gasteiger charge is 2.44. The Kier molecular flexibility index (Phi) is 7.13. The van der Waals surface area contributed by atoms with Gasteiger partial charge in [0.1, 0.15) is 17.2 Å². The average molecular weight is 457 g/mol. The highest BCUT2D eigenvalue weighted by Crippen LogP contribution is 2.33. The molecular weight excluding hydrogens is 428 g/mol. The number of nitrogens with zero attached hydrogens (tertiary/aromatic N) is 2. The summed E-state index contributed by atoms with van der Waals surface area (Å²) in [6.07, 6.45) is -0.826. The molecule has 1 saturated heterocycles. The van der Waals surface area contributed by atoms with Gasteiger partial charge in [-0.15, -0.1) is 0 Å². The molecule has 2 amide bonds. The molecule has 0 aliphatic carbocycles. The van der Waals surface area contributed by atoms with Crippen LogP contribution in [0.4, 0.5) is 4.79 Å². The van der Waals surface area contributed by atoms with Crippen molar-refractivity contribution in [2.45, 2.75) is 55.5 Å². The first-order valence-corrected chi connectivity index (χ1v) is 11.3. The third-order valence-corrected chi connectivity index (χ3v) is 6.61. The molecule has 170 valence electrons. The maximum Gasteiger partial charge on any atom is 0.408 e. The molecule has 3 rings (SSSR count). The van der Waals surface area contributed by atoms with Gasteiger partial charge in [-0.2, -0.15) is 0 Å². The van der Waals surface area contributed by atoms with Crippen molar-refractivity contribution in [1.82, 2.24) is 9.80 Å². The molecule has 2 aromatic rings. The second kappa shape index (κ2) is 9.65. The molecule has 0 bridgehead atoms. The van der Waals surface area contributed by atoms with Crippen LogP contribution in [0.5, 0.6) is 5.75 Å². The van der Waals surface area contributed by atoms with Crippen LogP contribution in [0.1, 0.15) is 32.8 Å². The minimum atomic E-state index is -1.20. The first kappa shape index (κ1) is 23.7. The van der Waals surface area contributed by atoms with E-state index < -0.39 is 29.0 Å². The van der Waals surface area contributed by atoms with E-state index in [1.165, 1.54) is 28.8 Å². The van der Waals surface area contributed by atoms with E-state index in [0.29, 0.717) is 0 Å². The Morgan fingerprint density at radius 1 is 1.12 bits per heavy atom. The minimum absolute atomic E-state index is 0.0479. The lowest BCUT2D eigenvalue weighted by Gasteiger charge is -2.41. The highest BCUT2D eigenvalue weighted by molar-refractivity contribution is 8.00. The first-order valence-electron chi connectivity index (χ1n) is 10.4. The summed E-state index contributed by atoms with van der Waals surface area (Å²) in [5.74, 6) is -0.352. The van der Waals surface area contributed by atoms with Gasteiger partial charge >= 0.3 is 6.09 Å². The molecule has 32 heavy (non-hydrogen) atoms. The van der Waals surface area contributed by atoms with Gasteiger partial charge in [-0.3, -0.25) is 14.5 Å². The van der Waals surface area contributed by atoms with Gasteiger partial charge in [-0.05, 0) is 50.6 Å². The molecule has 0 aromatic heterocycles. The van der Waals surface area contributed by atoms with E-state index in [4.69, 9.17) is 0 Å². The fourth-order valence-corrected chi connectivity index (χ4v) is 5.01. The van der Waals surface area contributed by atoms with Crippen molar-refractivity contribution >= 4 is 29.5 Å². The molecule has 1 fully saturated rings. The Hall–Kier alpha value is -3.00. The molecule has 2 N–H and O–H groups in total. The number of likely N-dealkylation sites (tertiary alicyclic amines) is 1. The van der Waals surface area contributed by atoms with Gasteiger partial charge in [0.05, 0.1) is 0 Å². The van der Waals surface area contributed by atoms with E-state index in [2.05, 4.69) is 0 Å². The quantitative estimate of drug-likeness (QED) is 0.682. The zero-order chi connectivity index (χ0) is 23.5. The zero-order valence-electron chi connectivity index (χ0n) is 18.4. The lowest BCUT2D eigenvalue weighted by molar-refractivity contribution is -0.138. The number of ketones is 1. The summed E-state index contributed by atoms with van der Waals surface area (Å²) < 4.78 is 0. The Bertz CT molecular complexity index is 972. The van der Waals surface area contributed by atoms with Crippen LogP contribution in [0.2, 0.25) is 0 Å². The van der Waals surface area contributed by atoms with Gasteiger partial charge in [0.15, 0.2) is 5.78 Å². The van der Waals surface area contributed by atoms with Crippen molar-refractivity contribution in [3.05, 3.63) is 60.2 Å². The number of benzene rings is 2. The number of hydrogen-bond donors (Lipinski definition) is 2. The third kappa shape index (κ3) is 5.43. The second-order valence-electron chi connectivity index (χ2n) is 8.74. The third-order valence-electron chi connectivity index (χ3n) is 5.32. The van der Waals surface area contributed by atoms with Crippen LogP contribution in [0.25, 0.3) is 0 Å². The predicted molar refractivity (Wildman–Crippen MR) is 123 cm³/mol. The SMILES string of the molecule is CC(C)(C)N(C(=O)O)[C@@H](Cc1ccc(O)cc1)C(=O)N1CCC(=O)[C@H]1Sc1ccccc1. The van der Waals surface area contributed by atoms with Crippen LogP contribution in [0, 0.1) is 0 Å². The summed E-state index contributed by atoms with van der Waals surface area (Å²) >= 11 is 1.31. The van der Waals surface area contributed by atoms with Crippen LogP contribution >= 0.6 is 11.8 Å². The van der Waals surface area contributed by atoms with Crippen LogP contribution < -0.4 is 0 Å². The van der Waals surface area contributed by atoms with Gasteiger partial charge in [0.2, 0.25) is 5.91 Å². The summed E-state index contributed by atoms with van der Waals surface area (Å²) in [5, 5.41) is 18.9. The summed E-state index contributed by atoms with van der Waals surface area (Å²) in [7, 11) is 0. The molecule has 8 heteroatoms. The van der Waals surface area contributed by atoms with Gasteiger partial charge < -0.3 is 15.1 Å². The summed E-state index contributed by atoms with van der Waals surface area (Å²) in [6.45, 7) is 5.47. The molecule has 1 heterocycles. The highest BCUT2D eigenvalue weighted by atomic mass is 32.2.